The third kappa shape index (κ3) is 3.05. The van der Waals surface area contributed by atoms with E-state index in [1.54, 1.807) is 6.07 Å². The maximum atomic E-state index is 13.5. The number of Topliss-reactive ketones (excluding diaryl/α,β-unsaturated/α-hetero) is 1. The minimum Gasteiger partial charge on any atom is -0.449 e. The van der Waals surface area contributed by atoms with Crippen LogP contribution in [-0.2, 0) is 0 Å². The van der Waals surface area contributed by atoms with Crippen LogP contribution in [0.5, 0.6) is 11.5 Å². The van der Waals surface area contributed by atoms with Crippen molar-refractivity contribution in [1.82, 2.24) is 0 Å². The lowest BCUT2D eigenvalue weighted by Gasteiger charge is -2.11. The molecule has 6 heteroatoms. The van der Waals surface area contributed by atoms with Crippen molar-refractivity contribution in [3.8, 4) is 11.5 Å². The molecule has 0 heterocycles. The minimum absolute atomic E-state index is 0.00370. The van der Waals surface area contributed by atoms with Crippen LogP contribution in [0.3, 0.4) is 0 Å². The number of ether oxygens (including phenoxy) is 1. The summed E-state index contributed by atoms with van der Waals surface area (Å²) in [6.45, 7) is 2.79. The van der Waals surface area contributed by atoms with Gasteiger partial charge in [-0.05, 0) is 37.6 Å². The molecule has 0 aliphatic heterocycles. The Morgan fingerprint density at radius 3 is 2.52 bits per heavy atom. The van der Waals surface area contributed by atoms with E-state index >= 15 is 0 Å². The van der Waals surface area contributed by atoms with Crippen molar-refractivity contribution in [1.29, 1.82) is 0 Å². The number of nitro benzene ring substituents is 1. The van der Waals surface area contributed by atoms with Crippen molar-refractivity contribution in [2.24, 2.45) is 0 Å². The van der Waals surface area contributed by atoms with E-state index in [9.17, 15) is 19.3 Å². The van der Waals surface area contributed by atoms with Gasteiger partial charge < -0.3 is 4.74 Å². The molecule has 0 atom stereocenters. The number of nitrogens with zero attached hydrogens (tertiary/aromatic N) is 1. The first-order chi connectivity index (χ1) is 9.90. The van der Waals surface area contributed by atoms with Crippen LogP contribution in [0.25, 0.3) is 0 Å². The molecule has 2 aromatic carbocycles. The first-order valence-electron chi connectivity index (χ1n) is 6.12. The number of hydrogen-bond donors (Lipinski definition) is 0. The van der Waals surface area contributed by atoms with E-state index in [-0.39, 0.29) is 34.1 Å². The molecular formula is C15H12FNO4. The Balaban J connectivity index is 2.52. The summed E-state index contributed by atoms with van der Waals surface area (Å²) in [6, 6.07) is 8.21. The Labute approximate surface area is 120 Å². The first kappa shape index (κ1) is 14.6. The lowest BCUT2D eigenvalue weighted by molar-refractivity contribution is -0.385. The molecule has 0 aliphatic carbocycles. The lowest BCUT2D eigenvalue weighted by Crippen LogP contribution is -2.01. The van der Waals surface area contributed by atoms with E-state index in [4.69, 9.17) is 4.74 Å². The third-order valence-electron chi connectivity index (χ3n) is 2.92. The van der Waals surface area contributed by atoms with Gasteiger partial charge in [-0.25, -0.2) is 4.39 Å². The number of aryl methyl sites for hydroxylation is 1. The molecule has 0 saturated heterocycles. The molecule has 0 bridgehead atoms. The van der Waals surface area contributed by atoms with E-state index in [2.05, 4.69) is 0 Å². The second-order valence-corrected chi connectivity index (χ2v) is 4.48. The molecule has 2 aromatic rings. The van der Waals surface area contributed by atoms with Crippen molar-refractivity contribution < 1.29 is 18.8 Å². The first-order valence-corrected chi connectivity index (χ1v) is 6.12. The molecule has 0 spiro atoms. The second kappa shape index (κ2) is 5.70. The molecule has 0 fully saturated rings. The fourth-order valence-electron chi connectivity index (χ4n) is 1.83. The average molecular weight is 289 g/mol. The van der Waals surface area contributed by atoms with Gasteiger partial charge >= 0.3 is 5.69 Å². The molecular weight excluding hydrogens is 277 g/mol. The molecule has 0 amide bonds. The molecule has 0 aromatic heterocycles. The molecule has 0 unspecified atom stereocenters. The van der Waals surface area contributed by atoms with E-state index < -0.39 is 10.7 Å². The number of nitro groups is 1. The van der Waals surface area contributed by atoms with Crippen LogP contribution in [0, 0.1) is 22.9 Å². The number of rotatable bonds is 4. The third-order valence-corrected chi connectivity index (χ3v) is 2.92. The van der Waals surface area contributed by atoms with Gasteiger partial charge in [0.2, 0.25) is 5.75 Å². The molecule has 0 aliphatic rings. The summed E-state index contributed by atoms with van der Waals surface area (Å²) in [5, 5.41) is 11.0. The van der Waals surface area contributed by atoms with Gasteiger partial charge in [-0.1, -0.05) is 12.1 Å². The van der Waals surface area contributed by atoms with Gasteiger partial charge in [0.05, 0.1) is 10.5 Å². The quantitative estimate of drug-likeness (QED) is 0.484. The van der Waals surface area contributed by atoms with Gasteiger partial charge in [0.1, 0.15) is 11.6 Å². The summed E-state index contributed by atoms with van der Waals surface area (Å²) in [4.78, 5) is 21.9. The number of ketones is 1. The van der Waals surface area contributed by atoms with Crippen LogP contribution in [-0.4, -0.2) is 10.7 Å². The molecule has 0 N–H and O–H groups in total. The van der Waals surface area contributed by atoms with Gasteiger partial charge in [-0.3, -0.25) is 14.9 Å². The topological polar surface area (TPSA) is 69.4 Å². The fourth-order valence-corrected chi connectivity index (χ4v) is 1.83. The van der Waals surface area contributed by atoms with Crippen LogP contribution in [0.1, 0.15) is 22.8 Å². The Kier molecular flexibility index (Phi) is 3.98. The summed E-state index contributed by atoms with van der Waals surface area (Å²) in [6.07, 6.45) is 0. The van der Waals surface area contributed by atoms with Gasteiger partial charge in [-0.15, -0.1) is 0 Å². The van der Waals surface area contributed by atoms with Gasteiger partial charge in [-0.2, -0.15) is 0 Å². The molecule has 21 heavy (non-hydrogen) atoms. The van der Waals surface area contributed by atoms with Crippen molar-refractivity contribution in [2.75, 3.05) is 0 Å². The number of hydrogen-bond acceptors (Lipinski definition) is 4. The van der Waals surface area contributed by atoms with Crippen LogP contribution in [0.4, 0.5) is 10.1 Å². The average Bonchev–Trinajstić information content (AvgIpc) is 2.42. The maximum absolute atomic E-state index is 13.5. The summed E-state index contributed by atoms with van der Waals surface area (Å²) < 4.78 is 19.0. The van der Waals surface area contributed by atoms with Gasteiger partial charge in [0, 0.05) is 6.07 Å². The Bertz CT molecular complexity index is 728. The van der Waals surface area contributed by atoms with E-state index in [0.717, 1.165) is 6.07 Å². The number of benzene rings is 2. The van der Waals surface area contributed by atoms with Crippen LogP contribution >= 0.6 is 0 Å². The largest absolute Gasteiger partial charge is 0.449 e. The maximum Gasteiger partial charge on any atom is 0.311 e. The highest BCUT2D eigenvalue weighted by Gasteiger charge is 2.18. The monoisotopic (exact) mass is 289 g/mol. The smallest absolute Gasteiger partial charge is 0.311 e. The summed E-state index contributed by atoms with van der Waals surface area (Å²) in [7, 11) is 0. The summed E-state index contributed by atoms with van der Waals surface area (Å²) in [5.74, 6) is -0.829. The zero-order valence-electron chi connectivity index (χ0n) is 11.4. The van der Waals surface area contributed by atoms with Gasteiger partial charge in [0.15, 0.2) is 5.78 Å². The number of para-hydroxylation sites is 2. The van der Waals surface area contributed by atoms with Crippen LogP contribution in [0.2, 0.25) is 0 Å². The number of carbonyl (C=O) groups excluding carboxylic acids is 1. The molecule has 5 nitrogen and oxygen atoms in total. The zero-order chi connectivity index (χ0) is 15.6. The Morgan fingerprint density at radius 1 is 1.24 bits per heavy atom. The Hall–Kier alpha value is -2.76. The van der Waals surface area contributed by atoms with E-state index in [0.29, 0.717) is 0 Å². The predicted octanol–water partition coefficient (Wildman–Crippen LogP) is 4.04. The number of carbonyl (C=O) groups is 1. The highest BCUT2D eigenvalue weighted by molar-refractivity contribution is 5.97. The van der Waals surface area contributed by atoms with Crippen molar-refractivity contribution >= 4 is 11.5 Å². The van der Waals surface area contributed by atoms with E-state index in [1.807, 2.05) is 0 Å². The normalized spacial score (nSPS) is 10.2. The standard InChI is InChI=1S/C15H12FNO4/c1-9-7-15(11(10(2)18)8-12(9)16)21-14-6-4-3-5-13(14)17(19)20/h3-8H,1-2H3. The zero-order valence-corrected chi connectivity index (χ0v) is 11.4. The second-order valence-electron chi connectivity index (χ2n) is 4.48. The molecule has 0 radical (unpaired) electrons. The van der Waals surface area contributed by atoms with Crippen LogP contribution < -0.4 is 4.74 Å². The number of halogens is 1. The highest BCUT2D eigenvalue weighted by atomic mass is 19.1. The predicted molar refractivity (Wildman–Crippen MR) is 74.3 cm³/mol. The Morgan fingerprint density at radius 2 is 1.90 bits per heavy atom. The van der Waals surface area contributed by atoms with Crippen LogP contribution in [0.15, 0.2) is 36.4 Å². The van der Waals surface area contributed by atoms with Crippen molar-refractivity contribution in [2.45, 2.75) is 13.8 Å². The fraction of sp³-hybridized carbons (Fsp3) is 0.133. The van der Waals surface area contributed by atoms with Gasteiger partial charge in [0.25, 0.3) is 0 Å². The SMILES string of the molecule is CC(=O)c1cc(F)c(C)cc1Oc1ccccc1[N+](=O)[O-]. The van der Waals surface area contributed by atoms with Crippen molar-refractivity contribution in [3.63, 3.8) is 0 Å². The lowest BCUT2D eigenvalue weighted by atomic mass is 10.1. The highest BCUT2D eigenvalue weighted by Crippen LogP contribution is 2.33. The molecule has 0 saturated carbocycles. The molecule has 108 valence electrons. The molecule has 2 rings (SSSR count). The van der Waals surface area contributed by atoms with E-state index in [1.165, 1.54) is 38.1 Å². The summed E-state index contributed by atoms with van der Waals surface area (Å²) in [5.41, 5.74) is 0.0961. The summed E-state index contributed by atoms with van der Waals surface area (Å²) >= 11 is 0. The minimum atomic E-state index is -0.584. The van der Waals surface area contributed by atoms with Crippen molar-refractivity contribution in [3.05, 3.63) is 63.5 Å².